The highest BCUT2D eigenvalue weighted by Crippen LogP contribution is 2.33. The number of hydrogen-bond donors (Lipinski definition) is 1. The van der Waals surface area contributed by atoms with Gasteiger partial charge in [0.2, 0.25) is 0 Å². The highest BCUT2D eigenvalue weighted by atomic mass is 32.2. The lowest BCUT2D eigenvalue weighted by Crippen LogP contribution is -2.27. The first-order valence-corrected chi connectivity index (χ1v) is 9.49. The summed E-state index contributed by atoms with van der Waals surface area (Å²) in [7, 11) is 0. The molecule has 0 bridgehead atoms. The molecule has 2 aromatic carbocycles. The number of aliphatic carboxylic acids is 1. The summed E-state index contributed by atoms with van der Waals surface area (Å²) < 4.78 is 5.34. The highest BCUT2D eigenvalue weighted by Gasteiger charge is 2.34. The maximum atomic E-state index is 12.6. The molecule has 7 heteroatoms. The van der Waals surface area contributed by atoms with Gasteiger partial charge >= 0.3 is 5.97 Å². The van der Waals surface area contributed by atoms with Gasteiger partial charge in [0.15, 0.2) is 0 Å². The first-order chi connectivity index (χ1) is 13.4. The Morgan fingerprint density at radius 2 is 1.79 bits per heavy atom. The Bertz CT molecular complexity index is 919. The zero-order valence-corrected chi connectivity index (χ0v) is 16.1. The number of nitrogens with zero attached hydrogens (tertiary/aromatic N) is 1. The van der Waals surface area contributed by atoms with Crippen molar-refractivity contribution < 1.29 is 24.2 Å². The molecule has 1 aliphatic rings. The van der Waals surface area contributed by atoms with E-state index < -0.39 is 5.97 Å². The van der Waals surface area contributed by atoms with E-state index in [-0.39, 0.29) is 30.7 Å². The molecule has 1 heterocycles. The molecule has 0 radical (unpaired) electrons. The van der Waals surface area contributed by atoms with E-state index >= 15 is 0 Å². The van der Waals surface area contributed by atoms with Crippen LogP contribution in [0.1, 0.15) is 23.1 Å². The van der Waals surface area contributed by atoms with Gasteiger partial charge in [0, 0.05) is 0 Å². The summed E-state index contributed by atoms with van der Waals surface area (Å²) in [5.41, 5.74) is 2.77. The molecule has 1 fully saturated rings. The third-order valence-electron chi connectivity index (χ3n) is 4.10. The van der Waals surface area contributed by atoms with Crippen molar-refractivity contribution in [3.63, 3.8) is 0 Å². The second-order valence-corrected chi connectivity index (χ2v) is 7.31. The molecule has 2 amide bonds. The van der Waals surface area contributed by atoms with Crippen molar-refractivity contribution in [3.05, 3.63) is 70.1 Å². The smallest absolute Gasteiger partial charge is 0.306 e. The van der Waals surface area contributed by atoms with E-state index in [1.54, 1.807) is 30.3 Å². The Hall–Kier alpha value is -3.06. The Balaban J connectivity index is 1.65. The standard InChI is InChI=1S/C21H19NO5S/c1-14-2-4-16(5-3-14)13-22-20(25)18(28-21(22)26)12-15-6-8-17(9-7-15)27-11-10-19(23)24/h2-9,12H,10-11,13H2,1H3,(H,23,24)/b18-12+. The normalized spacial score (nSPS) is 15.3. The van der Waals surface area contributed by atoms with Crippen molar-refractivity contribution in [2.24, 2.45) is 0 Å². The number of rotatable bonds is 7. The van der Waals surface area contributed by atoms with Crippen molar-refractivity contribution in [2.75, 3.05) is 6.61 Å². The maximum Gasteiger partial charge on any atom is 0.306 e. The molecule has 6 nitrogen and oxygen atoms in total. The highest BCUT2D eigenvalue weighted by molar-refractivity contribution is 8.18. The van der Waals surface area contributed by atoms with Gasteiger partial charge in [0.25, 0.3) is 11.1 Å². The van der Waals surface area contributed by atoms with Crippen molar-refractivity contribution in [1.82, 2.24) is 4.90 Å². The van der Waals surface area contributed by atoms with E-state index in [0.717, 1.165) is 28.5 Å². The topological polar surface area (TPSA) is 83.9 Å². The van der Waals surface area contributed by atoms with Gasteiger partial charge in [0.1, 0.15) is 5.75 Å². The quantitative estimate of drug-likeness (QED) is 0.709. The fourth-order valence-corrected chi connectivity index (χ4v) is 3.42. The third-order valence-corrected chi connectivity index (χ3v) is 5.00. The van der Waals surface area contributed by atoms with Gasteiger partial charge in [-0.05, 0) is 48.0 Å². The molecule has 144 valence electrons. The Kier molecular flexibility index (Phi) is 6.16. The number of carbonyl (C=O) groups excluding carboxylic acids is 2. The molecule has 0 aromatic heterocycles. The SMILES string of the molecule is Cc1ccc(CN2C(=O)S/C(=C/c3ccc(OCCC(=O)O)cc3)C2=O)cc1. The average Bonchev–Trinajstić information content (AvgIpc) is 2.92. The predicted molar refractivity (Wildman–Crippen MR) is 107 cm³/mol. The molecule has 28 heavy (non-hydrogen) atoms. The molecule has 3 rings (SSSR count). The molecule has 1 saturated heterocycles. The van der Waals surface area contributed by atoms with Crippen LogP contribution < -0.4 is 4.74 Å². The summed E-state index contributed by atoms with van der Waals surface area (Å²) in [6.07, 6.45) is 1.59. The predicted octanol–water partition coefficient (Wildman–Crippen LogP) is 4.09. The van der Waals surface area contributed by atoms with Gasteiger partial charge in [-0.2, -0.15) is 0 Å². The summed E-state index contributed by atoms with van der Waals surface area (Å²) >= 11 is 0.922. The molecule has 0 aliphatic carbocycles. The number of carboxylic acids is 1. The Morgan fingerprint density at radius 1 is 1.11 bits per heavy atom. The summed E-state index contributed by atoms with van der Waals surface area (Å²) in [6, 6.07) is 14.6. The van der Waals surface area contributed by atoms with E-state index in [4.69, 9.17) is 9.84 Å². The van der Waals surface area contributed by atoms with Crippen LogP contribution in [-0.4, -0.2) is 33.7 Å². The summed E-state index contributed by atoms with van der Waals surface area (Å²) in [4.78, 5) is 37.0. The number of carboxylic acid groups (broad SMARTS) is 1. The van der Waals surface area contributed by atoms with Gasteiger partial charge in [-0.1, -0.05) is 42.0 Å². The first-order valence-electron chi connectivity index (χ1n) is 8.68. The van der Waals surface area contributed by atoms with E-state index in [9.17, 15) is 14.4 Å². The minimum atomic E-state index is -0.919. The Labute approximate surface area is 166 Å². The second kappa shape index (κ2) is 8.75. The van der Waals surface area contributed by atoms with E-state index in [0.29, 0.717) is 10.7 Å². The minimum Gasteiger partial charge on any atom is -0.493 e. The second-order valence-electron chi connectivity index (χ2n) is 6.31. The Morgan fingerprint density at radius 3 is 2.43 bits per heavy atom. The van der Waals surface area contributed by atoms with Crippen LogP contribution in [-0.2, 0) is 16.1 Å². The van der Waals surface area contributed by atoms with Crippen LogP contribution in [0.15, 0.2) is 53.4 Å². The number of amides is 2. The van der Waals surface area contributed by atoms with Crippen LogP contribution in [0.25, 0.3) is 6.08 Å². The molecule has 2 aromatic rings. The third kappa shape index (κ3) is 5.01. The largest absolute Gasteiger partial charge is 0.493 e. The maximum absolute atomic E-state index is 12.6. The average molecular weight is 397 g/mol. The molecular formula is C21H19NO5S. The number of thioether (sulfide) groups is 1. The summed E-state index contributed by atoms with van der Waals surface area (Å²) in [5, 5.41) is 8.33. The molecule has 0 unspecified atom stereocenters. The molecule has 0 saturated carbocycles. The fourth-order valence-electron chi connectivity index (χ4n) is 2.58. The number of hydrogen-bond acceptors (Lipinski definition) is 5. The zero-order chi connectivity index (χ0) is 20.1. The van der Waals surface area contributed by atoms with Crippen molar-refractivity contribution in [2.45, 2.75) is 19.9 Å². The summed E-state index contributed by atoms with van der Waals surface area (Å²) in [5.74, 6) is -0.679. The number of carbonyl (C=O) groups is 3. The number of aryl methyl sites for hydroxylation is 1. The van der Waals surface area contributed by atoms with Gasteiger partial charge in [-0.3, -0.25) is 19.3 Å². The lowest BCUT2D eigenvalue weighted by Gasteiger charge is -2.12. The molecule has 1 aliphatic heterocycles. The lowest BCUT2D eigenvalue weighted by molar-refractivity contribution is -0.137. The van der Waals surface area contributed by atoms with Gasteiger partial charge in [-0.25, -0.2) is 0 Å². The van der Waals surface area contributed by atoms with Gasteiger partial charge in [-0.15, -0.1) is 0 Å². The van der Waals surface area contributed by atoms with Crippen molar-refractivity contribution in [3.8, 4) is 5.75 Å². The van der Waals surface area contributed by atoms with Crippen LogP contribution in [0.4, 0.5) is 4.79 Å². The van der Waals surface area contributed by atoms with Crippen LogP contribution in [0.2, 0.25) is 0 Å². The van der Waals surface area contributed by atoms with E-state index in [1.807, 2.05) is 31.2 Å². The number of imide groups is 1. The number of ether oxygens (including phenoxy) is 1. The summed E-state index contributed by atoms with van der Waals surface area (Å²) in [6.45, 7) is 2.32. The number of benzene rings is 2. The molecule has 0 atom stereocenters. The zero-order valence-electron chi connectivity index (χ0n) is 15.3. The van der Waals surface area contributed by atoms with Gasteiger partial charge < -0.3 is 9.84 Å². The van der Waals surface area contributed by atoms with Crippen LogP contribution in [0.3, 0.4) is 0 Å². The van der Waals surface area contributed by atoms with Crippen LogP contribution >= 0.6 is 11.8 Å². The first kappa shape index (κ1) is 19.7. The fraction of sp³-hybridized carbons (Fsp3) is 0.190. The van der Waals surface area contributed by atoms with Crippen LogP contribution in [0, 0.1) is 6.92 Å². The van der Waals surface area contributed by atoms with Crippen molar-refractivity contribution >= 4 is 35.0 Å². The van der Waals surface area contributed by atoms with Crippen molar-refractivity contribution in [1.29, 1.82) is 0 Å². The molecule has 0 spiro atoms. The van der Waals surface area contributed by atoms with Crippen LogP contribution in [0.5, 0.6) is 5.75 Å². The lowest BCUT2D eigenvalue weighted by atomic mass is 10.1. The van der Waals surface area contributed by atoms with E-state index in [2.05, 4.69) is 0 Å². The van der Waals surface area contributed by atoms with Gasteiger partial charge in [0.05, 0.1) is 24.5 Å². The van der Waals surface area contributed by atoms with E-state index in [1.165, 1.54) is 4.90 Å². The monoisotopic (exact) mass is 397 g/mol. The molecule has 1 N–H and O–H groups in total. The molecular weight excluding hydrogens is 378 g/mol. The minimum absolute atomic E-state index is 0.0735.